The van der Waals surface area contributed by atoms with Gasteiger partial charge in [-0.1, -0.05) is 52.3 Å². The van der Waals surface area contributed by atoms with Crippen LogP contribution in [-0.4, -0.2) is 18.7 Å². The van der Waals surface area contributed by atoms with Gasteiger partial charge in [-0.2, -0.15) is 5.10 Å². The van der Waals surface area contributed by atoms with Crippen molar-refractivity contribution >= 4 is 34.1 Å². The maximum atomic E-state index is 11.5. The van der Waals surface area contributed by atoms with Gasteiger partial charge in [0.05, 0.1) is 0 Å². The number of carbonyl (C=O) groups excluding carboxylic acids is 1. The fraction of sp³-hybridized carbons (Fsp3) is 0.0588. The Hall–Kier alpha value is -2.40. The van der Waals surface area contributed by atoms with Crippen molar-refractivity contribution in [3.05, 3.63) is 70.7 Å². The van der Waals surface area contributed by atoms with Crippen molar-refractivity contribution < 1.29 is 9.53 Å². The summed E-state index contributed by atoms with van der Waals surface area (Å²) in [6.45, 7) is -0.0820. The van der Waals surface area contributed by atoms with Crippen molar-refractivity contribution in [1.29, 1.82) is 0 Å². The molecule has 0 aliphatic carbocycles. The molecule has 0 saturated heterocycles. The Labute approximate surface area is 137 Å². The molecule has 0 aliphatic heterocycles. The third-order valence-electron chi connectivity index (χ3n) is 2.62. The Kier molecular flexibility index (Phi) is 6.39. The highest BCUT2D eigenvalue weighted by molar-refractivity contribution is 9.10. The van der Waals surface area contributed by atoms with Crippen LogP contribution in [0.3, 0.4) is 0 Å². The molecule has 0 radical (unpaired) electrons. The molecule has 2 rings (SSSR count). The van der Waals surface area contributed by atoms with Crippen LogP contribution in [0.5, 0.6) is 5.75 Å². The van der Waals surface area contributed by atoms with Crippen molar-refractivity contribution in [2.75, 3.05) is 6.61 Å². The fourth-order valence-corrected chi connectivity index (χ4v) is 1.85. The van der Waals surface area contributed by atoms with Crippen LogP contribution in [0, 0.1) is 0 Å². The lowest BCUT2D eigenvalue weighted by molar-refractivity contribution is -0.123. The largest absolute Gasteiger partial charge is 0.484 e. The molecule has 1 amide bonds. The maximum Gasteiger partial charge on any atom is 0.277 e. The van der Waals surface area contributed by atoms with Gasteiger partial charge in [0.2, 0.25) is 0 Å². The van der Waals surface area contributed by atoms with E-state index < -0.39 is 0 Å². The summed E-state index contributed by atoms with van der Waals surface area (Å²) >= 11 is 3.33. The lowest BCUT2D eigenvalue weighted by Crippen LogP contribution is -2.24. The number of rotatable bonds is 6. The first-order valence-electron chi connectivity index (χ1n) is 6.66. The minimum Gasteiger partial charge on any atom is -0.484 e. The normalized spacial score (nSPS) is 11.0. The summed E-state index contributed by atoms with van der Waals surface area (Å²) in [5, 5.41) is 3.81. The molecule has 0 atom stereocenters. The van der Waals surface area contributed by atoms with E-state index in [9.17, 15) is 4.79 Å². The molecule has 1 N–H and O–H groups in total. The molecule has 112 valence electrons. The van der Waals surface area contributed by atoms with Gasteiger partial charge in [-0.15, -0.1) is 0 Å². The quantitative estimate of drug-likeness (QED) is 0.632. The minimum atomic E-state index is -0.313. The SMILES string of the molecule is O=C(COc1ccc(Br)cc1)NN=CC=Cc1ccccc1. The topological polar surface area (TPSA) is 50.7 Å². The maximum absolute atomic E-state index is 11.5. The number of amides is 1. The van der Waals surface area contributed by atoms with Gasteiger partial charge >= 0.3 is 0 Å². The number of hydrogen-bond donors (Lipinski definition) is 1. The minimum absolute atomic E-state index is 0.0820. The predicted octanol–water partition coefficient (Wildman–Crippen LogP) is 3.64. The van der Waals surface area contributed by atoms with Gasteiger partial charge in [-0.3, -0.25) is 4.79 Å². The van der Waals surface area contributed by atoms with E-state index in [1.54, 1.807) is 18.2 Å². The molecule has 0 saturated carbocycles. The molecule has 0 bridgehead atoms. The summed E-state index contributed by atoms with van der Waals surface area (Å²) < 4.78 is 6.28. The molecule has 22 heavy (non-hydrogen) atoms. The van der Waals surface area contributed by atoms with Gasteiger partial charge in [0.1, 0.15) is 5.75 Å². The molecule has 2 aromatic rings. The van der Waals surface area contributed by atoms with E-state index in [4.69, 9.17) is 4.74 Å². The number of benzene rings is 2. The van der Waals surface area contributed by atoms with Crippen molar-refractivity contribution in [3.8, 4) is 5.75 Å². The molecule has 0 heterocycles. The Morgan fingerprint density at radius 3 is 2.59 bits per heavy atom. The van der Waals surface area contributed by atoms with Crippen LogP contribution in [0.15, 0.2) is 70.2 Å². The van der Waals surface area contributed by atoms with E-state index in [1.165, 1.54) is 6.21 Å². The highest BCUT2D eigenvalue weighted by Crippen LogP contribution is 2.15. The number of halogens is 1. The number of hydrogen-bond acceptors (Lipinski definition) is 3. The molecule has 4 nitrogen and oxygen atoms in total. The fourth-order valence-electron chi connectivity index (χ4n) is 1.58. The smallest absolute Gasteiger partial charge is 0.277 e. The van der Waals surface area contributed by atoms with E-state index in [-0.39, 0.29) is 12.5 Å². The molecule has 0 aliphatic rings. The average Bonchev–Trinajstić information content (AvgIpc) is 2.55. The van der Waals surface area contributed by atoms with Gasteiger partial charge in [-0.25, -0.2) is 5.43 Å². The van der Waals surface area contributed by atoms with Gasteiger partial charge < -0.3 is 4.74 Å². The Balaban J connectivity index is 1.70. The average molecular weight is 359 g/mol. The first-order valence-corrected chi connectivity index (χ1v) is 7.45. The molecule has 5 heteroatoms. The third-order valence-corrected chi connectivity index (χ3v) is 3.15. The molecule has 0 spiro atoms. The van der Waals surface area contributed by atoms with E-state index in [2.05, 4.69) is 26.5 Å². The zero-order valence-electron chi connectivity index (χ0n) is 11.8. The van der Waals surface area contributed by atoms with Gasteiger partial charge in [0, 0.05) is 10.7 Å². The summed E-state index contributed by atoms with van der Waals surface area (Å²) in [6, 6.07) is 17.1. The van der Waals surface area contributed by atoms with Crippen LogP contribution in [0.25, 0.3) is 6.08 Å². The summed E-state index contributed by atoms with van der Waals surface area (Å²) in [6.07, 6.45) is 5.17. The first-order chi connectivity index (χ1) is 10.7. The van der Waals surface area contributed by atoms with Crippen LogP contribution < -0.4 is 10.2 Å². The van der Waals surface area contributed by atoms with Crippen LogP contribution >= 0.6 is 15.9 Å². The number of ether oxygens (including phenoxy) is 1. The monoisotopic (exact) mass is 358 g/mol. The number of carbonyl (C=O) groups is 1. The predicted molar refractivity (Wildman–Crippen MR) is 91.7 cm³/mol. The number of allylic oxidation sites excluding steroid dienone is 1. The van der Waals surface area contributed by atoms with E-state index in [0.717, 1.165) is 10.0 Å². The number of nitrogens with zero attached hydrogens (tertiary/aromatic N) is 1. The second kappa shape index (κ2) is 8.79. The Bertz CT molecular complexity index is 652. The lowest BCUT2D eigenvalue weighted by Gasteiger charge is -2.04. The van der Waals surface area contributed by atoms with E-state index in [1.807, 2.05) is 48.5 Å². The van der Waals surface area contributed by atoms with Gasteiger partial charge in [0.25, 0.3) is 5.91 Å². The number of nitrogens with one attached hydrogen (secondary N) is 1. The molecular formula is C17H15BrN2O2. The molecule has 0 aromatic heterocycles. The third kappa shape index (κ3) is 5.93. The lowest BCUT2D eigenvalue weighted by atomic mass is 10.2. The molecule has 2 aromatic carbocycles. The second-order valence-corrected chi connectivity index (χ2v) is 5.24. The molecular weight excluding hydrogens is 344 g/mol. The zero-order chi connectivity index (χ0) is 15.6. The van der Waals surface area contributed by atoms with Crippen LogP contribution in [-0.2, 0) is 4.79 Å². The standard InChI is InChI=1S/C17H15BrN2O2/c18-15-8-10-16(11-9-15)22-13-17(21)20-19-12-4-7-14-5-2-1-3-6-14/h1-12H,13H2,(H,20,21). The Morgan fingerprint density at radius 2 is 1.86 bits per heavy atom. The van der Waals surface area contributed by atoms with Crippen molar-refractivity contribution in [2.24, 2.45) is 5.10 Å². The summed E-state index contributed by atoms with van der Waals surface area (Å²) in [5.74, 6) is 0.318. The van der Waals surface area contributed by atoms with Crippen molar-refractivity contribution in [2.45, 2.75) is 0 Å². The van der Waals surface area contributed by atoms with Crippen LogP contribution in [0.4, 0.5) is 0 Å². The van der Waals surface area contributed by atoms with E-state index >= 15 is 0 Å². The van der Waals surface area contributed by atoms with Crippen LogP contribution in [0.1, 0.15) is 5.56 Å². The summed E-state index contributed by atoms with van der Waals surface area (Å²) in [4.78, 5) is 11.5. The summed E-state index contributed by atoms with van der Waals surface area (Å²) in [5.41, 5.74) is 3.46. The Morgan fingerprint density at radius 1 is 1.14 bits per heavy atom. The molecule has 0 unspecified atom stereocenters. The summed E-state index contributed by atoms with van der Waals surface area (Å²) in [7, 11) is 0. The zero-order valence-corrected chi connectivity index (χ0v) is 13.4. The highest BCUT2D eigenvalue weighted by Gasteiger charge is 2.00. The first kappa shape index (κ1) is 16.0. The number of hydrazone groups is 1. The van der Waals surface area contributed by atoms with Crippen molar-refractivity contribution in [3.63, 3.8) is 0 Å². The van der Waals surface area contributed by atoms with E-state index in [0.29, 0.717) is 5.75 Å². The van der Waals surface area contributed by atoms with Gasteiger partial charge in [0.15, 0.2) is 6.61 Å². The molecule has 0 fully saturated rings. The second-order valence-electron chi connectivity index (χ2n) is 4.33. The van der Waals surface area contributed by atoms with Gasteiger partial charge in [-0.05, 0) is 35.9 Å². The highest BCUT2D eigenvalue weighted by atomic mass is 79.9. The van der Waals surface area contributed by atoms with Crippen LogP contribution in [0.2, 0.25) is 0 Å². The van der Waals surface area contributed by atoms with Crippen molar-refractivity contribution in [1.82, 2.24) is 5.43 Å².